The van der Waals surface area contributed by atoms with Crippen molar-refractivity contribution >= 4 is 29.9 Å². The zero-order valence-corrected chi connectivity index (χ0v) is 19.1. The van der Waals surface area contributed by atoms with Gasteiger partial charge < -0.3 is 16.2 Å². The number of rotatable bonds is 9. The number of likely N-dealkylation sites (tertiary alicyclic amines) is 1. The Hall–Kier alpha value is -3.98. The van der Waals surface area contributed by atoms with E-state index in [0.29, 0.717) is 0 Å². The van der Waals surface area contributed by atoms with Gasteiger partial charge in [-0.1, -0.05) is 72.8 Å². The van der Waals surface area contributed by atoms with Gasteiger partial charge in [0.15, 0.2) is 0 Å². The average Bonchev–Trinajstić information content (AvgIpc) is 3.31. The van der Waals surface area contributed by atoms with Crippen LogP contribution in [0.1, 0.15) is 24.0 Å². The molecule has 2 aromatic carbocycles. The predicted molar refractivity (Wildman–Crippen MR) is 129 cm³/mol. The second-order valence-corrected chi connectivity index (χ2v) is 8.86. The molecule has 0 radical (unpaired) electrons. The Bertz CT molecular complexity index is 1140. The fraction of sp³-hybridized carbons (Fsp3) is 0.308. The van der Waals surface area contributed by atoms with Gasteiger partial charge >= 0.3 is 12.0 Å². The van der Waals surface area contributed by atoms with E-state index in [0.717, 1.165) is 11.1 Å². The third kappa shape index (κ3) is 4.81. The van der Waals surface area contributed by atoms with Gasteiger partial charge in [-0.3, -0.25) is 24.6 Å². The Kier molecular flexibility index (Phi) is 6.97. The molecular weight excluding hydrogens is 448 g/mol. The van der Waals surface area contributed by atoms with E-state index < -0.39 is 47.2 Å². The van der Waals surface area contributed by atoms with Crippen molar-refractivity contribution in [1.29, 1.82) is 0 Å². The van der Waals surface area contributed by atoms with Crippen LogP contribution in [0.2, 0.25) is 0 Å². The molecule has 0 saturated carbocycles. The first kappa shape index (κ1) is 24.2. The Labute approximate surface area is 203 Å². The van der Waals surface area contributed by atoms with E-state index in [1.165, 1.54) is 4.90 Å². The normalized spacial score (nSPS) is 25.7. The van der Waals surface area contributed by atoms with E-state index in [9.17, 15) is 24.3 Å². The number of hydrogen-bond acceptors (Lipinski definition) is 5. The Morgan fingerprint density at radius 2 is 1.71 bits per heavy atom. The monoisotopic (exact) mass is 476 g/mol. The molecule has 5 N–H and O–H groups in total. The number of carbonyl (C=O) groups is 4. The lowest BCUT2D eigenvalue weighted by atomic mass is 9.77. The second kappa shape index (κ2) is 10.1. The SMILES string of the molecule is NC(=O)NCCCC1(C(=O)O)NC(C=Cc2ccccc2)C2C(=O)N(Cc3ccccc3)C(=O)C21. The Morgan fingerprint density at radius 3 is 2.34 bits per heavy atom. The molecule has 2 aliphatic heterocycles. The number of primary amides is 1. The number of nitrogens with one attached hydrogen (secondary N) is 2. The summed E-state index contributed by atoms with van der Waals surface area (Å²) < 4.78 is 0. The lowest BCUT2D eigenvalue weighted by Gasteiger charge is -2.31. The summed E-state index contributed by atoms with van der Waals surface area (Å²) in [6.45, 7) is 0.239. The molecule has 9 nitrogen and oxygen atoms in total. The molecular formula is C26H28N4O5. The molecule has 4 rings (SSSR count). The van der Waals surface area contributed by atoms with Gasteiger partial charge in [0.2, 0.25) is 11.8 Å². The molecule has 2 fully saturated rings. The van der Waals surface area contributed by atoms with Gasteiger partial charge in [0.05, 0.1) is 18.4 Å². The fourth-order valence-corrected chi connectivity index (χ4v) is 5.08. The topological polar surface area (TPSA) is 142 Å². The van der Waals surface area contributed by atoms with Crippen LogP contribution < -0.4 is 16.4 Å². The molecule has 4 amide bonds. The number of hydrogen-bond donors (Lipinski definition) is 4. The summed E-state index contributed by atoms with van der Waals surface area (Å²) in [5.74, 6) is -4.03. The number of benzene rings is 2. The van der Waals surface area contributed by atoms with Crippen molar-refractivity contribution in [3.63, 3.8) is 0 Å². The van der Waals surface area contributed by atoms with Crippen LogP contribution in [0.15, 0.2) is 66.7 Å². The number of urea groups is 1. The lowest BCUT2D eigenvalue weighted by molar-refractivity contribution is -0.152. The van der Waals surface area contributed by atoms with E-state index in [1.54, 1.807) is 6.08 Å². The van der Waals surface area contributed by atoms with Gasteiger partial charge in [0.1, 0.15) is 5.54 Å². The maximum absolute atomic E-state index is 13.6. The number of nitrogens with two attached hydrogens (primary N) is 1. The van der Waals surface area contributed by atoms with Crippen LogP contribution in [0.5, 0.6) is 0 Å². The molecule has 4 unspecified atom stereocenters. The van der Waals surface area contributed by atoms with Gasteiger partial charge in [-0.2, -0.15) is 0 Å². The number of amides is 4. The molecule has 9 heteroatoms. The number of fused-ring (bicyclic) bond motifs is 1. The average molecular weight is 477 g/mol. The first-order valence-corrected chi connectivity index (χ1v) is 11.5. The molecule has 0 spiro atoms. The molecule has 0 aliphatic carbocycles. The zero-order chi connectivity index (χ0) is 25.0. The summed E-state index contributed by atoms with van der Waals surface area (Å²) in [5.41, 5.74) is 5.13. The maximum atomic E-state index is 13.6. The minimum atomic E-state index is -1.66. The van der Waals surface area contributed by atoms with Crippen molar-refractivity contribution in [2.24, 2.45) is 17.6 Å². The van der Waals surface area contributed by atoms with E-state index in [-0.39, 0.29) is 25.9 Å². The van der Waals surface area contributed by atoms with E-state index in [1.807, 2.05) is 66.7 Å². The van der Waals surface area contributed by atoms with Crippen molar-refractivity contribution < 1.29 is 24.3 Å². The van der Waals surface area contributed by atoms with Gasteiger partial charge in [-0.05, 0) is 24.0 Å². The molecule has 2 aliphatic rings. The summed E-state index contributed by atoms with van der Waals surface area (Å²) in [6, 6.07) is 17.2. The highest BCUT2D eigenvalue weighted by Gasteiger charge is 2.67. The quantitative estimate of drug-likeness (QED) is 0.321. The summed E-state index contributed by atoms with van der Waals surface area (Å²) >= 11 is 0. The third-order valence-electron chi connectivity index (χ3n) is 6.69. The van der Waals surface area contributed by atoms with Crippen molar-refractivity contribution in [2.75, 3.05) is 6.54 Å². The van der Waals surface area contributed by atoms with Crippen LogP contribution in [0.25, 0.3) is 6.08 Å². The number of carboxylic acid groups (broad SMARTS) is 1. The fourth-order valence-electron chi connectivity index (χ4n) is 5.08. The largest absolute Gasteiger partial charge is 0.480 e. The highest BCUT2D eigenvalue weighted by atomic mass is 16.4. The molecule has 0 aromatic heterocycles. The van der Waals surface area contributed by atoms with Crippen molar-refractivity contribution in [3.8, 4) is 0 Å². The first-order chi connectivity index (χ1) is 16.8. The van der Waals surface area contributed by atoms with Crippen LogP contribution in [0.4, 0.5) is 4.79 Å². The van der Waals surface area contributed by atoms with Gasteiger partial charge in [-0.25, -0.2) is 4.79 Å². The minimum Gasteiger partial charge on any atom is -0.480 e. The number of nitrogens with zero attached hydrogens (tertiary/aromatic N) is 1. The second-order valence-electron chi connectivity index (χ2n) is 8.86. The lowest BCUT2D eigenvalue weighted by Crippen LogP contribution is -2.56. The molecule has 2 aromatic rings. The van der Waals surface area contributed by atoms with Crippen LogP contribution in [-0.2, 0) is 20.9 Å². The molecule has 182 valence electrons. The predicted octanol–water partition coefficient (Wildman–Crippen LogP) is 1.74. The summed E-state index contributed by atoms with van der Waals surface area (Å²) in [4.78, 5) is 52.0. The smallest absolute Gasteiger partial charge is 0.324 e. The number of imide groups is 1. The number of carbonyl (C=O) groups excluding carboxylic acids is 3. The first-order valence-electron chi connectivity index (χ1n) is 11.5. The number of aliphatic carboxylic acids is 1. The third-order valence-corrected chi connectivity index (χ3v) is 6.69. The van der Waals surface area contributed by atoms with Crippen LogP contribution >= 0.6 is 0 Å². The molecule has 2 heterocycles. The number of carboxylic acids is 1. The highest BCUT2D eigenvalue weighted by Crippen LogP contribution is 2.46. The summed E-state index contributed by atoms with van der Waals surface area (Å²) in [7, 11) is 0. The van der Waals surface area contributed by atoms with Gasteiger partial charge in [0.25, 0.3) is 0 Å². The molecule has 4 atom stereocenters. The van der Waals surface area contributed by atoms with Crippen molar-refractivity contribution in [1.82, 2.24) is 15.5 Å². The van der Waals surface area contributed by atoms with Crippen molar-refractivity contribution in [2.45, 2.75) is 31.0 Å². The van der Waals surface area contributed by atoms with Crippen LogP contribution in [0, 0.1) is 11.8 Å². The van der Waals surface area contributed by atoms with Crippen LogP contribution in [0.3, 0.4) is 0 Å². The molecule has 2 saturated heterocycles. The standard InChI is InChI=1S/C26H28N4O5/c27-25(35)28-15-7-14-26(24(33)34)21-20(19(29-26)13-12-17-8-3-1-4-9-17)22(31)30(23(21)32)16-18-10-5-2-6-11-18/h1-6,8-13,19-21,29H,7,14-16H2,(H,33,34)(H3,27,28,35). The molecule has 35 heavy (non-hydrogen) atoms. The van der Waals surface area contributed by atoms with E-state index in [4.69, 9.17) is 5.73 Å². The Balaban J connectivity index is 1.67. The highest BCUT2D eigenvalue weighted by molar-refractivity contribution is 6.09. The maximum Gasteiger partial charge on any atom is 0.324 e. The van der Waals surface area contributed by atoms with Crippen LogP contribution in [-0.4, -0.2) is 51.9 Å². The van der Waals surface area contributed by atoms with E-state index >= 15 is 0 Å². The van der Waals surface area contributed by atoms with E-state index in [2.05, 4.69) is 10.6 Å². The minimum absolute atomic E-state index is 0.0393. The van der Waals surface area contributed by atoms with Gasteiger partial charge in [-0.15, -0.1) is 0 Å². The van der Waals surface area contributed by atoms with Gasteiger partial charge in [0, 0.05) is 12.6 Å². The van der Waals surface area contributed by atoms with Crippen molar-refractivity contribution in [3.05, 3.63) is 77.9 Å². The zero-order valence-electron chi connectivity index (χ0n) is 19.1. The Morgan fingerprint density at radius 1 is 1.06 bits per heavy atom. The summed E-state index contributed by atoms with van der Waals surface area (Å²) in [6.07, 6.45) is 3.88. The molecule has 0 bridgehead atoms. The summed E-state index contributed by atoms with van der Waals surface area (Å²) in [5, 5.41) is 15.9.